The Bertz CT molecular complexity index is 455. The van der Waals surface area contributed by atoms with Gasteiger partial charge >= 0.3 is 0 Å². The van der Waals surface area contributed by atoms with Crippen LogP contribution in [0.3, 0.4) is 0 Å². The number of hydrogen-bond acceptors (Lipinski definition) is 2. The van der Waals surface area contributed by atoms with E-state index < -0.39 is 0 Å². The SMILES string of the molecule is CC(Oc1ccccc1)Sc1ccc(Cl)cc1. The van der Waals surface area contributed by atoms with Crippen LogP contribution in [0.5, 0.6) is 5.75 Å². The van der Waals surface area contributed by atoms with E-state index in [2.05, 4.69) is 0 Å². The predicted molar refractivity (Wildman–Crippen MR) is 73.8 cm³/mol. The number of halogens is 1. The summed E-state index contributed by atoms with van der Waals surface area (Å²) in [5.74, 6) is 0.890. The maximum absolute atomic E-state index is 5.84. The third-order valence-corrected chi connectivity index (χ3v) is 3.39. The highest BCUT2D eigenvalue weighted by Crippen LogP contribution is 2.26. The second-order valence-corrected chi connectivity index (χ2v) is 5.38. The second kappa shape index (κ2) is 5.99. The average Bonchev–Trinajstić information content (AvgIpc) is 2.33. The van der Waals surface area contributed by atoms with Gasteiger partial charge in [0.05, 0.1) is 0 Å². The highest BCUT2D eigenvalue weighted by molar-refractivity contribution is 7.99. The summed E-state index contributed by atoms with van der Waals surface area (Å²) >= 11 is 7.50. The van der Waals surface area contributed by atoms with E-state index in [1.165, 1.54) is 0 Å². The standard InChI is InChI=1S/C14H13ClOS/c1-11(16-13-5-3-2-4-6-13)17-14-9-7-12(15)8-10-14/h2-11H,1H3. The van der Waals surface area contributed by atoms with Gasteiger partial charge in [-0.15, -0.1) is 0 Å². The van der Waals surface area contributed by atoms with Crippen molar-refractivity contribution in [3.8, 4) is 5.75 Å². The molecule has 0 saturated carbocycles. The molecule has 1 unspecified atom stereocenters. The Hall–Kier alpha value is -1.12. The molecule has 0 amide bonds. The lowest BCUT2D eigenvalue weighted by molar-refractivity contribution is 0.308. The van der Waals surface area contributed by atoms with Gasteiger partial charge in [-0.25, -0.2) is 0 Å². The Labute approximate surface area is 111 Å². The molecule has 0 aliphatic carbocycles. The number of benzene rings is 2. The van der Waals surface area contributed by atoms with Crippen molar-refractivity contribution in [2.24, 2.45) is 0 Å². The number of rotatable bonds is 4. The lowest BCUT2D eigenvalue weighted by Crippen LogP contribution is -2.06. The molecule has 0 spiro atoms. The number of hydrogen-bond donors (Lipinski definition) is 0. The lowest BCUT2D eigenvalue weighted by atomic mass is 10.3. The Morgan fingerprint density at radius 2 is 1.65 bits per heavy atom. The molecule has 2 aromatic carbocycles. The van der Waals surface area contributed by atoms with Gasteiger partial charge in [-0.05, 0) is 43.3 Å². The Morgan fingerprint density at radius 1 is 1.00 bits per heavy atom. The minimum absolute atomic E-state index is 0.0681. The van der Waals surface area contributed by atoms with Crippen LogP contribution in [-0.2, 0) is 0 Å². The highest BCUT2D eigenvalue weighted by Gasteiger charge is 2.05. The van der Waals surface area contributed by atoms with Crippen LogP contribution in [0.4, 0.5) is 0 Å². The first-order valence-corrected chi connectivity index (χ1v) is 6.64. The van der Waals surface area contributed by atoms with Gasteiger partial charge in [-0.1, -0.05) is 41.6 Å². The van der Waals surface area contributed by atoms with Crippen molar-refractivity contribution in [3.63, 3.8) is 0 Å². The van der Waals surface area contributed by atoms with E-state index >= 15 is 0 Å². The quantitative estimate of drug-likeness (QED) is 0.576. The van der Waals surface area contributed by atoms with Crippen LogP contribution in [0.25, 0.3) is 0 Å². The summed E-state index contributed by atoms with van der Waals surface area (Å²) in [5.41, 5.74) is 0.0681. The van der Waals surface area contributed by atoms with Crippen molar-refractivity contribution < 1.29 is 4.74 Å². The molecule has 2 aromatic rings. The molecule has 0 aromatic heterocycles. The van der Waals surface area contributed by atoms with Gasteiger partial charge in [0, 0.05) is 9.92 Å². The summed E-state index contributed by atoms with van der Waals surface area (Å²) < 4.78 is 5.78. The zero-order chi connectivity index (χ0) is 12.1. The summed E-state index contributed by atoms with van der Waals surface area (Å²) in [5, 5.41) is 0.756. The average molecular weight is 265 g/mol. The maximum atomic E-state index is 5.84. The smallest absolute Gasteiger partial charge is 0.146 e. The summed E-state index contributed by atoms with van der Waals surface area (Å²) in [6.45, 7) is 2.03. The van der Waals surface area contributed by atoms with Crippen molar-refractivity contribution in [2.75, 3.05) is 0 Å². The van der Waals surface area contributed by atoms with Crippen LogP contribution in [0.15, 0.2) is 59.5 Å². The summed E-state index contributed by atoms with van der Waals surface area (Å²) in [6.07, 6.45) is 0. The summed E-state index contributed by atoms with van der Waals surface area (Å²) in [7, 11) is 0. The van der Waals surface area contributed by atoms with Crippen LogP contribution in [0.2, 0.25) is 5.02 Å². The molecule has 0 saturated heterocycles. The van der Waals surface area contributed by atoms with Crippen LogP contribution in [0, 0.1) is 0 Å². The van der Waals surface area contributed by atoms with Crippen LogP contribution in [-0.4, -0.2) is 5.44 Å². The molecule has 0 bridgehead atoms. The van der Waals surface area contributed by atoms with E-state index in [1.54, 1.807) is 11.8 Å². The molecule has 0 fully saturated rings. The minimum Gasteiger partial charge on any atom is -0.480 e. The third-order valence-electron chi connectivity index (χ3n) is 2.16. The monoisotopic (exact) mass is 264 g/mol. The minimum atomic E-state index is 0.0681. The molecular formula is C14H13ClOS. The van der Waals surface area contributed by atoms with Crippen molar-refractivity contribution in [1.82, 2.24) is 0 Å². The van der Waals surface area contributed by atoms with Gasteiger partial charge in [0.1, 0.15) is 11.2 Å². The van der Waals surface area contributed by atoms with Crippen molar-refractivity contribution in [3.05, 3.63) is 59.6 Å². The highest BCUT2D eigenvalue weighted by atomic mass is 35.5. The van der Waals surface area contributed by atoms with E-state index in [9.17, 15) is 0 Å². The van der Waals surface area contributed by atoms with Gasteiger partial charge in [-0.3, -0.25) is 0 Å². The van der Waals surface area contributed by atoms with Gasteiger partial charge < -0.3 is 4.74 Å². The van der Waals surface area contributed by atoms with Gasteiger partial charge in [-0.2, -0.15) is 0 Å². The van der Waals surface area contributed by atoms with E-state index in [0.717, 1.165) is 15.7 Å². The Morgan fingerprint density at radius 3 is 2.29 bits per heavy atom. The maximum Gasteiger partial charge on any atom is 0.146 e. The molecule has 3 heteroatoms. The normalized spacial score (nSPS) is 12.1. The third kappa shape index (κ3) is 3.99. The fourth-order valence-corrected chi connectivity index (χ4v) is 2.38. The fraction of sp³-hybridized carbons (Fsp3) is 0.143. The van der Waals surface area contributed by atoms with E-state index in [4.69, 9.17) is 16.3 Å². The van der Waals surface area contributed by atoms with Crippen molar-refractivity contribution >= 4 is 23.4 Å². The van der Waals surface area contributed by atoms with Crippen molar-refractivity contribution in [1.29, 1.82) is 0 Å². The molecule has 0 heterocycles. The molecular weight excluding hydrogens is 252 g/mol. The molecule has 1 nitrogen and oxygen atoms in total. The summed E-state index contributed by atoms with van der Waals surface area (Å²) in [4.78, 5) is 1.15. The molecule has 0 aliphatic rings. The van der Waals surface area contributed by atoms with Crippen LogP contribution in [0.1, 0.15) is 6.92 Å². The van der Waals surface area contributed by atoms with Gasteiger partial charge in [0.25, 0.3) is 0 Å². The fourth-order valence-electron chi connectivity index (χ4n) is 1.42. The molecule has 88 valence electrons. The molecule has 2 rings (SSSR count). The zero-order valence-electron chi connectivity index (χ0n) is 9.47. The lowest BCUT2D eigenvalue weighted by Gasteiger charge is -2.14. The molecule has 17 heavy (non-hydrogen) atoms. The largest absolute Gasteiger partial charge is 0.480 e. The van der Waals surface area contributed by atoms with E-state index in [-0.39, 0.29) is 5.44 Å². The molecule has 0 radical (unpaired) electrons. The first-order valence-electron chi connectivity index (χ1n) is 5.38. The first kappa shape index (κ1) is 12.3. The van der Waals surface area contributed by atoms with E-state index in [1.807, 2.05) is 61.5 Å². The molecule has 0 aliphatic heterocycles. The second-order valence-electron chi connectivity index (χ2n) is 3.57. The van der Waals surface area contributed by atoms with Gasteiger partial charge in [0.15, 0.2) is 0 Å². The number of thioether (sulfide) groups is 1. The molecule has 1 atom stereocenters. The van der Waals surface area contributed by atoms with Crippen LogP contribution >= 0.6 is 23.4 Å². The van der Waals surface area contributed by atoms with Gasteiger partial charge in [0.2, 0.25) is 0 Å². The molecule has 0 N–H and O–H groups in total. The number of para-hydroxylation sites is 1. The topological polar surface area (TPSA) is 9.23 Å². The van der Waals surface area contributed by atoms with Crippen LogP contribution < -0.4 is 4.74 Å². The Kier molecular flexibility index (Phi) is 4.35. The first-order chi connectivity index (χ1) is 8.24. The number of ether oxygens (including phenoxy) is 1. The zero-order valence-corrected chi connectivity index (χ0v) is 11.0. The summed E-state index contributed by atoms with van der Waals surface area (Å²) in [6, 6.07) is 17.6. The Balaban J connectivity index is 1.93. The predicted octanol–water partition coefficient (Wildman–Crippen LogP) is 4.86. The van der Waals surface area contributed by atoms with Crippen molar-refractivity contribution in [2.45, 2.75) is 17.3 Å². The van der Waals surface area contributed by atoms with E-state index in [0.29, 0.717) is 0 Å².